The molecule has 1 unspecified atom stereocenters. The van der Waals surface area contributed by atoms with Gasteiger partial charge in [0, 0.05) is 17.8 Å². The summed E-state index contributed by atoms with van der Waals surface area (Å²) in [7, 11) is 0. The van der Waals surface area contributed by atoms with E-state index in [9.17, 15) is 8.78 Å². The van der Waals surface area contributed by atoms with Gasteiger partial charge in [-0.15, -0.1) is 0 Å². The fourth-order valence-electron chi connectivity index (χ4n) is 4.00. The van der Waals surface area contributed by atoms with Crippen molar-refractivity contribution in [1.82, 2.24) is 20.7 Å². The summed E-state index contributed by atoms with van der Waals surface area (Å²) in [5, 5.41) is 3.40. The molecule has 0 spiro atoms. The highest BCUT2D eigenvalue weighted by Crippen LogP contribution is 2.26. The number of halogens is 3. The molecule has 0 aliphatic carbocycles. The third kappa shape index (κ3) is 5.09. The number of piperidine rings is 1. The van der Waals surface area contributed by atoms with Crippen molar-refractivity contribution in [3.05, 3.63) is 70.0 Å². The number of pyridine rings is 1. The highest BCUT2D eigenvalue weighted by atomic mass is 35.5. The summed E-state index contributed by atoms with van der Waals surface area (Å²) < 4.78 is 28.5. The highest BCUT2D eigenvalue weighted by Gasteiger charge is 2.23. The number of hydrogen-bond donors (Lipinski definition) is 3. The summed E-state index contributed by atoms with van der Waals surface area (Å²) in [5.74, 6) is 0.392. The third-order valence-corrected chi connectivity index (χ3v) is 5.97. The Morgan fingerprint density at radius 1 is 1.20 bits per heavy atom. The van der Waals surface area contributed by atoms with Crippen LogP contribution in [-0.2, 0) is 13.0 Å². The van der Waals surface area contributed by atoms with E-state index < -0.39 is 0 Å². The van der Waals surface area contributed by atoms with Gasteiger partial charge >= 0.3 is 0 Å². The second-order valence-corrected chi connectivity index (χ2v) is 8.41. The van der Waals surface area contributed by atoms with Crippen LogP contribution in [0, 0.1) is 17.6 Å². The number of aromatic nitrogens is 1. The van der Waals surface area contributed by atoms with Gasteiger partial charge in [0.05, 0.1) is 10.7 Å². The van der Waals surface area contributed by atoms with E-state index in [2.05, 4.69) is 26.1 Å². The van der Waals surface area contributed by atoms with E-state index in [1.807, 2.05) is 13.0 Å². The zero-order chi connectivity index (χ0) is 21.1. The monoisotopic (exact) mass is 433 g/mol. The Kier molecular flexibility index (Phi) is 6.51. The van der Waals surface area contributed by atoms with E-state index in [-0.39, 0.29) is 22.8 Å². The Balaban J connectivity index is 1.32. The second kappa shape index (κ2) is 9.29. The van der Waals surface area contributed by atoms with E-state index in [0.717, 1.165) is 31.6 Å². The molecule has 3 N–H and O–H groups in total. The molecule has 1 aromatic heterocycles. The fraction of sp³-hybridized carbons (Fsp3) is 0.409. The van der Waals surface area contributed by atoms with Gasteiger partial charge in [-0.3, -0.25) is 4.90 Å². The van der Waals surface area contributed by atoms with Crippen LogP contribution >= 0.6 is 11.6 Å². The van der Waals surface area contributed by atoms with Gasteiger partial charge in [-0.05, 0) is 69.5 Å². The Bertz CT molecular complexity index is 928. The van der Waals surface area contributed by atoms with Crippen LogP contribution in [-0.4, -0.2) is 29.1 Å². The van der Waals surface area contributed by atoms with Crippen molar-refractivity contribution in [2.45, 2.75) is 38.9 Å². The molecule has 1 fully saturated rings. The van der Waals surface area contributed by atoms with Gasteiger partial charge in [-0.1, -0.05) is 23.7 Å². The summed E-state index contributed by atoms with van der Waals surface area (Å²) in [6.07, 6.45) is 4.38. The Morgan fingerprint density at radius 3 is 2.73 bits per heavy atom. The topological polar surface area (TPSA) is 52.2 Å². The van der Waals surface area contributed by atoms with Gasteiger partial charge in [0.2, 0.25) is 0 Å². The third-order valence-electron chi connectivity index (χ3n) is 5.68. The summed E-state index contributed by atoms with van der Waals surface area (Å²) >= 11 is 5.88. The maximum absolute atomic E-state index is 14.4. The van der Waals surface area contributed by atoms with Crippen LogP contribution in [0.1, 0.15) is 31.0 Å². The van der Waals surface area contributed by atoms with Gasteiger partial charge in [0.15, 0.2) is 0 Å². The predicted molar refractivity (Wildman–Crippen MR) is 115 cm³/mol. The van der Waals surface area contributed by atoms with Crippen molar-refractivity contribution in [2.75, 3.05) is 18.4 Å². The first kappa shape index (κ1) is 21.0. The quantitative estimate of drug-likeness (QED) is 0.637. The van der Waals surface area contributed by atoms with Crippen molar-refractivity contribution in [2.24, 2.45) is 5.92 Å². The maximum atomic E-state index is 14.4. The summed E-state index contributed by atoms with van der Waals surface area (Å²) in [6, 6.07) is 8.24. The van der Waals surface area contributed by atoms with Gasteiger partial charge in [0.25, 0.3) is 0 Å². The van der Waals surface area contributed by atoms with Crippen LogP contribution < -0.4 is 16.2 Å². The van der Waals surface area contributed by atoms with Crippen molar-refractivity contribution in [3.8, 4) is 0 Å². The van der Waals surface area contributed by atoms with Crippen LogP contribution in [0.15, 0.2) is 42.1 Å². The van der Waals surface area contributed by atoms with Crippen molar-refractivity contribution >= 4 is 17.4 Å². The fourth-order valence-corrected chi connectivity index (χ4v) is 4.20. The molecule has 8 heteroatoms. The number of nitrogens with one attached hydrogen (secondary N) is 3. The van der Waals surface area contributed by atoms with Crippen molar-refractivity contribution in [3.63, 3.8) is 0 Å². The van der Waals surface area contributed by atoms with Gasteiger partial charge in [-0.25, -0.2) is 19.2 Å². The predicted octanol–water partition coefficient (Wildman–Crippen LogP) is 4.22. The molecule has 2 aromatic rings. The molecule has 2 aliphatic heterocycles. The van der Waals surface area contributed by atoms with Gasteiger partial charge < -0.3 is 10.7 Å². The maximum Gasteiger partial charge on any atom is 0.146 e. The molecule has 0 saturated carbocycles. The lowest BCUT2D eigenvalue weighted by Gasteiger charge is -2.32. The molecule has 0 amide bonds. The number of hydrazine groups is 1. The summed E-state index contributed by atoms with van der Waals surface area (Å²) in [5.41, 5.74) is 8.23. The van der Waals surface area contributed by atoms with E-state index in [1.54, 1.807) is 24.3 Å². The zero-order valence-electron chi connectivity index (χ0n) is 16.9. The highest BCUT2D eigenvalue weighted by molar-refractivity contribution is 6.30. The van der Waals surface area contributed by atoms with Gasteiger partial charge in [-0.2, -0.15) is 0 Å². The number of nitrogens with zero attached hydrogens (tertiary/aromatic N) is 2. The minimum Gasteiger partial charge on any atom is -0.350 e. The Hall–Kier alpha value is -2.22. The first-order valence-corrected chi connectivity index (χ1v) is 10.6. The van der Waals surface area contributed by atoms with E-state index >= 15 is 0 Å². The molecule has 30 heavy (non-hydrogen) atoms. The smallest absolute Gasteiger partial charge is 0.146 e. The molecule has 1 aromatic carbocycles. The average molecular weight is 434 g/mol. The van der Waals surface area contributed by atoms with Crippen LogP contribution in [0.4, 0.5) is 14.6 Å². The SMILES string of the molecule is CC1=CC(Nc2ccc(F)c(CC3CCN(Cc4cccc(Cl)c4F)CC3)n2)NN1. The van der Waals surface area contributed by atoms with E-state index in [1.165, 1.54) is 6.07 Å². The normalized spacial score (nSPS) is 20.1. The minimum absolute atomic E-state index is 0.0778. The second-order valence-electron chi connectivity index (χ2n) is 8.00. The Morgan fingerprint density at radius 2 is 2.00 bits per heavy atom. The number of hydrogen-bond acceptors (Lipinski definition) is 5. The number of likely N-dealkylation sites (tertiary alicyclic amines) is 1. The Labute approximate surface area is 180 Å². The molecule has 3 heterocycles. The van der Waals surface area contributed by atoms with E-state index in [0.29, 0.717) is 36.0 Å². The standard InChI is InChI=1S/C22H26ClF2N5/c1-14-11-21(29-28-14)27-20-6-5-18(24)19(26-20)12-15-7-9-30(10-8-15)13-16-3-2-4-17(23)22(16)25/h2-6,11,15,21,28-29H,7-10,12-13H2,1H3,(H,26,27). The van der Waals surface area contributed by atoms with Crippen molar-refractivity contribution < 1.29 is 8.78 Å². The lowest BCUT2D eigenvalue weighted by atomic mass is 9.91. The van der Waals surface area contributed by atoms with E-state index in [4.69, 9.17) is 11.6 Å². The molecule has 4 rings (SSSR count). The van der Waals surface area contributed by atoms with Crippen molar-refractivity contribution in [1.29, 1.82) is 0 Å². The summed E-state index contributed by atoms with van der Waals surface area (Å²) in [6.45, 7) is 4.20. The first-order chi connectivity index (χ1) is 14.5. The number of allylic oxidation sites excluding steroid dienone is 1. The number of benzene rings is 1. The average Bonchev–Trinajstić information content (AvgIpc) is 3.14. The first-order valence-electron chi connectivity index (χ1n) is 10.2. The molecular formula is C22H26ClF2N5. The number of rotatable bonds is 6. The van der Waals surface area contributed by atoms with Crippen LogP contribution in [0.2, 0.25) is 5.02 Å². The molecule has 0 bridgehead atoms. The van der Waals surface area contributed by atoms with Gasteiger partial charge in [0.1, 0.15) is 23.6 Å². The molecule has 1 atom stereocenters. The van der Waals surface area contributed by atoms with Crippen LogP contribution in [0.25, 0.3) is 0 Å². The molecular weight excluding hydrogens is 408 g/mol. The zero-order valence-corrected chi connectivity index (χ0v) is 17.6. The summed E-state index contributed by atoms with van der Waals surface area (Å²) in [4.78, 5) is 6.72. The lowest BCUT2D eigenvalue weighted by molar-refractivity contribution is 0.174. The number of anilines is 1. The molecule has 2 aliphatic rings. The lowest BCUT2D eigenvalue weighted by Crippen LogP contribution is -2.37. The minimum atomic E-state index is -0.339. The van der Waals surface area contributed by atoms with Crippen LogP contribution in [0.3, 0.4) is 0 Å². The molecule has 160 valence electrons. The molecule has 0 radical (unpaired) electrons. The largest absolute Gasteiger partial charge is 0.350 e. The van der Waals surface area contributed by atoms with Crippen LogP contribution in [0.5, 0.6) is 0 Å². The molecule has 1 saturated heterocycles. The molecule has 5 nitrogen and oxygen atoms in total.